The van der Waals surface area contributed by atoms with E-state index in [0.717, 1.165) is 0 Å². The highest BCUT2D eigenvalue weighted by Gasteiger charge is 2.26. The zero-order chi connectivity index (χ0) is 15.6. The van der Waals surface area contributed by atoms with Gasteiger partial charge in [-0.3, -0.25) is 14.9 Å². The Hall–Kier alpha value is -2.25. The Balaban J connectivity index is 2.14. The molecular weight excluding hydrogens is 284 g/mol. The van der Waals surface area contributed by atoms with E-state index in [2.05, 4.69) is 5.32 Å². The maximum Gasteiger partial charge on any atom is 0.298 e. The summed E-state index contributed by atoms with van der Waals surface area (Å²) in [5.74, 6) is -2.01. The number of nitrogens with zero attached hydrogens (tertiary/aromatic N) is 2. The Kier molecular flexibility index (Phi) is 4.35. The van der Waals surface area contributed by atoms with Crippen LogP contribution in [0.5, 0.6) is 0 Å². The molecule has 1 fully saturated rings. The monoisotopic (exact) mass is 299 g/mol. The molecule has 8 heteroatoms. The average molecular weight is 299 g/mol. The second-order valence-electron chi connectivity index (χ2n) is 4.96. The molecule has 1 saturated heterocycles. The lowest BCUT2D eigenvalue weighted by atomic mass is 10.0. The van der Waals surface area contributed by atoms with Crippen LogP contribution in [0.15, 0.2) is 12.1 Å². The molecule has 0 aromatic heterocycles. The highest BCUT2D eigenvalue weighted by atomic mass is 19.1. The molecule has 6 nitrogen and oxygen atoms in total. The van der Waals surface area contributed by atoms with Crippen molar-refractivity contribution in [3.8, 4) is 0 Å². The average Bonchev–Trinajstić information content (AvgIpc) is 2.41. The fourth-order valence-corrected chi connectivity index (χ4v) is 2.39. The van der Waals surface area contributed by atoms with Crippen LogP contribution in [-0.4, -0.2) is 34.9 Å². The van der Waals surface area contributed by atoms with Gasteiger partial charge in [-0.25, -0.2) is 8.78 Å². The lowest BCUT2D eigenvalue weighted by Crippen LogP contribution is -2.41. The summed E-state index contributed by atoms with van der Waals surface area (Å²) < 4.78 is 26.8. The van der Waals surface area contributed by atoms with Gasteiger partial charge in [-0.05, 0) is 12.8 Å². The number of nitrogens with one attached hydrogen (secondary N) is 1. The Labute approximate surface area is 119 Å². The number of hydrogen-bond donors (Lipinski definition) is 1. The van der Waals surface area contributed by atoms with Crippen LogP contribution < -0.4 is 5.32 Å². The van der Waals surface area contributed by atoms with Crippen molar-refractivity contribution in [2.45, 2.75) is 25.8 Å². The third-order valence-corrected chi connectivity index (χ3v) is 3.52. The molecule has 0 aliphatic carbocycles. The minimum atomic E-state index is -0.990. The molecule has 21 heavy (non-hydrogen) atoms. The highest BCUT2D eigenvalue weighted by molar-refractivity contribution is 5.73. The number of piperidine rings is 1. The first-order valence-corrected chi connectivity index (χ1v) is 6.54. The van der Waals surface area contributed by atoms with E-state index in [4.69, 9.17) is 0 Å². The summed E-state index contributed by atoms with van der Waals surface area (Å²) in [5, 5.41) is 13.7. The van der Waals surface area contributed by atoms with Gasteiger partial charge in [-0.2, -0.15) is 0 Å². The number of nitro benzene ring substituents is 1. The van der Waals surface area contributed by atoms with Crippen LogP contribution in [0.3, 0.4) is 0 Å². The number of carbonyl (C=O) groups is 1. The molecule has 0 saturated carbocycles. The molecule has 1 aromatic carbocycles. The molecule has 0 spiro atoms. The van der Waals surface area contributed by atoms with Crippen molar-refractivity contribution >= 4 is 17.3 Å². The number of anilines is 1. The maximum atomic E-state index is 13.8. The summed E-state index contributed by atoms with van der Waals surface area (Å²) in [5.41, 5.74) is -0.927. The number of benzene rings is 1. The molecule has 1 aromatic rings. The van der Waals surface area contributed by atoms with Gasteiger partial charge >= 0.3 is 0 Å². The molecule has 114 valence electrons. The van der Waals surface area contributed by atoms with Gasteiger partial charge in [-0.1, -0.05) is 0 Å². The van der Waals surface area contributed by atoms with Gasteiger partial charge in [0.25, 0.3) is 5.69 Å². The van der Waals surface area contributed by atoms with Gasteiger partial charge in [0.2, 0.25) is 5.91 Å². The van der Waals surface area contributed by atoms with E-state index in [0.29, 0.717) is 38.1 Å². The van der Waals surface area contributed by atoms with Gasteiger partial charge in [0.1, 0.15) is 11.5 Å². The molecule has 1 heterocycles. The topological polar surface area (TPSA) is 75.5 Å². The number of rotatable bonds is 3. The summed E-state index contributed by atoms with van der Waals surface area (Å²) >= 11 is 0. The number of amides is 1. The molecule has 1 aliphatic heterocycles. The van der Waals surface area contributed by atoms with E-state index in [1.54, 1.807) is 4.90 Å². The summed E-state index contributed by atoms with van der Waals surface area (Å²) in [4.78, 5) is 22.9. The Morgan fingerprint density at radius 2 is 2.00 bits per heavy atom. The van der Waals surface area contributed by atoms with Crippen LogP contribution in [0.1, 0.15) is 19.8 Å². The number of hydrogen-bond acceptors (Lipinski definition) is 4. The first kappa shape index (κ1) is 15.1. The van der Waals surface area contributed by atoms with Crippen molar-refractivity contribution in [2.75, 3.05) is 18.4 Å². The predicted molar refractivity (Wildman–Crippen MR) is 71.9 cm³/mol. The van der Waals surface area contributed by atoms with E-state index >= 15 is 0 Å². The molecule has 0 atom stereocenters. The van der Waals surface area contributed by atoms with E-state index in [9.17, 15) is 23.7 Å². The standard InChI is InChI=1S/C13H15F2N3O3/c1-8(19)17-4-2-10(3-5-17)16-13-11(15)6-9(14)7-12(13)18(20)21/h6-7,10,16H,2-5H2,1H3. The van der Waals surface area contributed by atoms with Crippen molar-refractivity contribution in [3.63, 3.8) is 0 Å². The van der Waals surface area contributed by atoms with Crippen molar-refractivity contribution in [2.24, 2.45) is 0 Å². The first-order chi connectivity index (χ1) is 9.88. The van der Waals surface area contributed by atoms with Crippen LogP contribution in [0.4, 0.5) is 20.2 Å². The van der Waals surface area contributed by atoms with Gasteiger partial charge in [0.15, 0.2) is 5.82 Å². The van der Waals surface area contributed by atoms with Crippen molar-refractivity contribution in [1.82, 2.24) is 4.90 Å². The van der Waals surface area contributed by atoms with Crippen molar-refractivity contribution in [1.29, 1.82) is 0 Å². The molecular formula is C13H15F2N3O3. The third kappa shape index (κ3) is 3.45. The van der Waals surface area contributed by atoms with E-state index < -0.39 is 22.2 Å². The normalized spacial score (nSPS) is 15.9. The Bertz CT molecular complexity index is 572. The Morgan fingerprint density at radius 1 is 1.38 bits per heavy atom. The zero-order valence-electron chi connectivity index (χ0n) is 11.4. The summed E-state index contributed by atoms with van der Waals surface area (Å²) in [6.45, 7) is 2.48. The van der Waals surface area contributed by atoms with Crippen LogP contribution in [0, 0.1) is 21.7 Å². The molecule has 0 unspecified atom stereocenters. The van der Waals surface area contributed by atoms with Gasteiger partial charge < -0.3 is 10.2 Å². The largest absolute Gasteiger partial charge is 0.374 e. The summed E-state index contributed by atoms with van der Waals surface area (Å²) in [6, 6.07) is 1.11. The first-order valence-electron chi connectivity index (χ1n) is 6.54. The number of likely N-dealkylation sites (tertiary alicyclic amines) is 1. The number of nitro groups is 1. The molecule has 0 bridgehead atoms. The zero-order valence-corrected chi connectivity index (χ0v) is 11.4. The molecule has 1 amide bonds. The highest BCUT2D eigenvalue weighted by Crippen LogP contribution is 2.30. The second-order valence-corrected chi connectivity index (χ2v) is 4.96. The molecule has 1 N–H and O–H groups in total. The van der Waals surface area contributed by atoms with Gasteiger partial charge in [-0.15, -0.1) is 0 Å². The molecule has 1 aliphatic rings. The molecule has 0 radical (unpaired) electrons. The molecule has 2 rings (SSSR count). The number of halogens is 2. The van der Waals surface area contributed by atoms with E-state index in [1.165, 1.54) is 6.92 Å². The van der Waals surface area contributed by atoms with Crippen LogP contribution in [-0.2, 0) is 4.79 Å². The fourth-order valence-electron chi connectivity index (χ4n) is 2.39. The smallest absolute Gasteiger partial charge is 0.298 e. The lowest BCUT2D eigenvalue weighted by molar-refractivity contribution is -0.384. The lowest BCUT2D eigenvalue weighted by Gasteiger charge is -2.32. The van der Waals surface area contributed by atoms with Crippen molar-refractivity contribution < 1.29 is 18.5 Å². The Morgan fingerprint density at radius 3 is 2.52 bits per heavy atom. The SMILES string of the molecule is CC(=O)N1CCC(Nc2c(F)cc(F)cc2[N+](=O)[O-])CC1. The van der Waals surface area contributed by atoms with E-state index in [-0.39, 0.29) is 17.6 Å². The summed E-state index contributed by atoms with van der Waals surface area (Å²) in [7, 11) is 0. The number of carbonyl (C=O) groups excluding carboxylic acids is 1. The van der Waals surface area contributed by atoms with Crippen molar-refractivity contribution in [3.05, 3.63) is 33.9 Å². The summed E-state index contributed by atoms with van der Waals surface area (Å²) in [6.07, 6.45) is 1.10. The quantitative estimate of drug-likeness (QED) is 0.686. The minimum Gasteiger partial charge on any atom is -0.374 e. The van der Waals surface area contributed by atoms with Crippen LogP contribution >= 0.6 is 0 Å². The van der Waals surface area contributed by atoms with Gasteiger partial charge in [0, 0.05) is 32.1 Å². The van der Waals surface area contributed by atoms with E-state index in [1.807, 2.05) is 0 Å². The van der Waals surface area contributed by atoms with Crippen LogP contribution in [0.25, 0.3) is 0 Å². The third-order valence-electron chi connectivity index (χ3n) is 3.52. The minimum absolute atomic E-state index is 0.0348. The van der Waals surface area contributed by atoms with Crippen LogP contribution in [0.2, 0.25) is 0 Å². The predicted octanol–water partition coefficient (Wildman–Crippen LogP) is 2.30. The van der Waals surface area contributed by atoms with Gasteiger partial charge in [0.05, 0.1) is 11.0 Å². The fraction of sp³-hybridized carbons (Fsp3) is 0.462. The second kappa shape index (κ2) is 6.02. The maximum absolute atomic E-state index is 13.8.